The zero-order valence-electron chi connectivity index (χ0n) is 38.1. The standard InChI is InChI=1S/2C26H35FN4O/c1-20-18-30(17-14-28-20)19-22-4-2-21(3-5-22)6-11-26(32)31-15-12-25(13-16-31)29-24-9-7-23(27)8-10-24;1-20-18-30(16-13-28-20)19-22-7-5-21(6-8-22)9-10-26(32)31-14-11-24(12-15-31)29-25-4-2-3-23(27)17-25/h2-5,7-10,20,25,28-29H,6,11-19H2,1H3;2-8,17,20,24,28-29H,9-16,18-19H2,1H3/t2*20-/m00/s1. The molecule has 4 aromatic rings. The molecule has 0 unspecified atom stereocenters. The van der Waals surface area contributed by atoms with Gasteiger partial charge in [0.2, 0.25) is 11.8 Å². The maximum Gasteiger partial charge on any atom is 0.222 e. The molecule has 8 rings (SSSR count). The number of rotatable bonds is 14. The van der Waals surface area contributed by atoms with Crippen molar-refractivity contribution in [2.45, 2.75) is 102 Å². The van der Waals surface area contributed by atoms with Gasteiger partial charge in [0.15, 0.2) is 0 Å². The number of nitrogens with one attached hydrogen (secondary N) is 4. The number of likely N-dealkylation sites (tertiary alicyclic amines) is 2. The molecule has 0 bridgehead atoms. The van der Waals surface area contributed by atoms with Crippen LogP contribution in [0.1, 0.15) is 74.6 Å². The molecular weight excluding hydrogens is 807 g/mol. The van der Waals surface area contributed by atoms with Crippen LogP contribution in [0.2, 0.25) is 0 Å². The van der Waals surface area contributed by atoms with Crippen LogP contribution in [0.25, 0.3) is 0 Å². The number of piperidine rings is 2. The Bertz CT molecular complexity index is 2040. The summed E-state index contributed by atoms with van der Waals surface area (Å²) < 4.78 is 26.4. The molecule has 4 aliphatic heterocycles. The molecule has 4 fully saturated rings. The first kappa shape index (κ1) is 47.1. The maximum atomic E-state index is 13.4. The highest BCUT2D eigenvalue weighted by Gasteiger charge is 2.24. The Balaban J connectivity index is 0.000000191. The van der Waals surface area contributed by atoms with E-state index in [1.54, 1.807) is 18.2 Å². The summed E-state index contributed by atoms with van der Waals surface area (Å²) in [6, 6.07) is 32.3. The lowest BCUT2D eigenvalue weighted by atomic mass is 10.0. The summed E-state index contributed by atoms with van der Waals surface area (Å²) in [6.45, 7) is 16.0. The van der Waals surface area contributed by atoms with Crippen molar-refractivity contribution in [1.29, 1.82) is 0 Å². The van der Waals surface area contributed by atoms with Crippen molar-refractivity contribution in [2.75, 3.05) is 76.1 Å². The van der Waals surface area contributed by atoms with Crippen LogP contribution in [0.3, 0.4) is 0 Å². The van der Waals surface area contributed by atoms with E-state index in [2.05, 4.69) is 93.4 Å². The van der Waals surface area contributed by atoms with E-state index in [9.17, 15) is 18.4 Å². The summed E-state index contributed by atoms with van der Waals surface area (Å²) >= 11 is 0. The van der Waals surface area contributed by atoms with Crippen molar-refractivity contribution in [3.63, 3.8) is 0 Å². The smallest absolute Gasteiger partial charge is 0.222 e. The number of hydrogen-bond acceptors (Lipinski definition) is 8. The minimum Gasteiger partial charge on any atom is -0.382 e. The molecule has 4 N–H and O–H groups in total. The van der Waals surface area contributed by atoms with Crippen LogP contribution in [0.5, 0.6) is 0 Å². The predicted molar refractivity (Wildman–Crippen MR) is 254 cm³/mol. The summed E-state index contributed by atoms with van der Waals surface area (Å²) in [4.78, 5) is 34.3. The van der Waals surface area contributed by atoms with Crippen LogP contribution in [-0.4, -0.2) is 121 Å². The summed E-state index contributed by atoms with van der Waals surface area (Å²) in [6.07, 6.45) is 6.30. The van der Waals surface area contributed by atoms with E-state index in [0.717, 1.165) is 128 Å². The van der Waals surface area contributed by atoms with Gasteiger partial charge in [-0.1, -0.05) is 54.6 Å². The largest absolute Gasteiger partial charge is 0.382 e. The average molecular weight is 877 g/mol. The van der Waals surface area contributed by atoms with Gasteiger partial charge in [0.05, 0.1) is 0 Å². The zero-order chi connectivity index (χ0) is 44.7. The van der Waals surface area contributed by atoms with Crippen molar-refractivity contribution in [3.05, 3.63) is 131 Å². The highest BCUT2D eigenvalue weighted by molar-refractivity contribution is 5.77. The first-order valence-electron chi connectivity index (χ1n) is 23.8. The van der Waals surface area contributed by atoms with Crippen LogP contribution in [0, 0.1) is 11.6 Å². The minimum atomic E-state index is -0.228. The zero-order valence-corrected chi connectivity index (χ0v) is 38.1. The van der Waals surface area contributed by atoms with Gasteiger partial charge in [-0.25, -0.2) is 8.78 Å². The average Bonchev–Trinajstić information content (AvgIpc) is 3.30. The van der Waals surface area contributed by atoms with Gasteiger partial charge in [0.25, 0.3) is 0 Å². The Hall–Kier alpha value is -4.88. The van der Waals surface area contributed by atoms with E-state index in [1.807, 2.05) is 15.9 Å². The Morgan fingerprint density at radius 3 is 1.42 bits per heavy atom. The van der Waals surface area contributed by atoms with Crippen LogP contribution >= 0.6 is 0 Å². The number of nitrogens with zero attached hydrogens (tertiary/aromatic N) is 4. The molecule has 10 nitrogen and oxygen atoms in total. The summed E-state index contributed by atoms with van der Waals surface area (Å²) in [5, 5.41) is 13.8. The third-order valence-electron chi connectivity index (χ3n) is 13.1. The molecule has 344 valence electrons. The Morgan fingerprint density at radius 1 is 0.547 bits per heavy atom. The minimum absolute atomic E-state index is 0.222. The highest BCUT2D eigenvalue weighted by atomic mass is 19.1. The lowest BCUT2D eigenvalue weighted by Gasteiger charge is -2.33. The molecule has 12 heteroatoms. The van der Waals surface area contributed by atoms with E-state index in [4.69, 9.17) is 0 Å². The predicted octanol–water partition coefficient (Wildman–Crippen LogP) is 7.31. The topological polar surface area (TPSA) is 95.2 Å². The highest BCUT2D eigenvalue weighted by Crippen LogP contribution is 2.21. The fraction of sp³-hybridized carbons (Fsp3) is 0.500. The number of hydrogen-bond donors (Lipinski definition) is 4. The molecule has 2 amide bonds. The van der Waals surface area contributed by atoms with E-state index >= 15 is 0 Å². The summed E-state index contributed by atoms with van der Waals surface area (Å²) in [5.74, 6) is 0.0195. The fourth-order valence-corrected chi connectivity index (χ4v) is 9.41. The van der Waals surface area contributed by atoms with Crippen LogP contribution in [0.4, 0.5) is 20.2 Å². The lowest BCUT2D eigenvalue weighted by Crippen LogP contribution is -2.48. The van der Waals surface area contributed by atoms with Crippen molar-refractivity contribution in [2.24, 2.45) is 0 Å². The second kappa shape index (κ2) is 23.9. The summed E-state index contributed by atoms with van der Waals surface area (Å²) in [7, 11) is 0. The molecule has 0 aromatic heterocycles. The van der Waals surface area contributed by atoms with E-state index in [1.165, 1.54) is 46.5 Å². The number of benzene rings is 4. The van der Waals surface area contributed by atoms with Crippen LogP contribution < -0.4 is 21.3 Å². The molecule has 4 aromatic carbocycles. The van der Waals surface area contributed by atoms with E-state index < -0.39 is 0 Å². The number of carbonyl (C=O) groups excluding carboxylic acids is 2. The second-order valence-corrected chi connectivity index (χ2v) is 18.4. The number of piperazine rings is 2. The van der Waals surface area contributed by atoms with Crippen molar-refractivity contribution >= 4 is 23.2 Å². The monoisotopic (exact) mass is 877 g/mol. The number of amides is 2. The fourth-order valence-electron chi connectivity index (χ4n) is 9.41. The Morgan fingerprint density at radius 2 is 0.984 bits per heavy atom. The van der Waals surface area contributed by atoms with E-state index in [-0.39, 0.29) is 29.5 Å². The molecule has 0 saturated carbocycles. The summed E-state index contributed by atoms with van der Waals surface area (Å²) in [5.41, 5.74) is 6.87. The molecule has 0 aliphatic carbocycles. The van der Waals surface area contributed by atoms with Gasteiger partial charge < -0.3 is 31.1 Å². The molecule has 0 radical (unpaired) electrons. The van der Waals surface area contributed by atoms with Gasteiger partial charge in [0.1, 0.15) is 11.6 Å². The molecule has 0 spiro atoms. The maximum absolute atomic E-state index is 13.4. The lowest BCUT2D eigenvalue weighted by molar-refractivity contribution is -0.132. The molecule has 2 atom stereocenters. The number of halogens is 2. The van der Waals surface area contributed by atoms with Gasteiger partial charge in [-0.3, -0.25) is 19.4 Å². The van der Waals surface area contributed by atoms with Gasteiger partial charge in [-0.15, -0.1) is 0 Å². The number of carbonyl (C=O) groups is 2. The van der Waals surface area contributed by atoms with Gasteiger partial charge in [-0.2, -0.15) is 0 Å². The third-order valence-corrected chi connectivity index (χ3v) is 13.1. The molecular formula is C52H70F2N8O2. The molecule has 64 heavy (non-hydrogen) atoms. The third kappa shape index (κ3) is 15.1. The molecule has 4 aliphatic rings. The number of anilines is 2. The first-order valence-corrected chi connectivity index (χ1v) is 23.8. The van der Waals surface area contributed by atoms with Gasteiger partial charge >= 0.3 is 0 Å². The SMILES string of the molecule is C[C@H]1CN(Cc2ccc(CCC(=O)N3CCC(Nc4ccc(F)cc4)CC3)cc2)CCN1.C[C@H]1CN(Cc2ccc(CCC(=O)N3CCC(Nc4cccc(F)c4)CC3)cc2)CCN1. The van der Waals surface area contributed by atoms with Gasteiger partial charge in [0, 0.05) is 127 Å². The van der Waals surface area contributed by atoms with Gasteiger partial charge in [-0.05, 0) is 117 Å². The van der Waals surface area contributed by atoms with Crippen molar-refractivity contribution in [3.8, 4) is 0 Å². The second-order valence-electron chi connectivity index (χ2n) is 18.4. The number of aryl methyl sites for hydroxylation is 2. The Labute approximate surface area is 380 Å². The quantitative estimate of drug-likeness (QED) is 0.105. The van der Waals surface area contributed by atoms with Crippen molar-refractivity contribution in [1.82, 2.24) is 30.2 Å². The normalized spacial score (nSPS) is 20.3. The van der Waals surface area contributed by atoms with Crippen molar-refractivity contribution < 1.29 is 18.4 Å². The molecule has 4 saturated heterocycles. The van der Waals surface area contributed by atoms with Crippen LogP contribution in [-0.2, 0) is 35.5 Å². The Kier molecular flexibility index (Phi) is 17.6. The van der Waals surface area contributed by atoms with Crippen LogP contribution in [0.15, 0.2) is 97.1 Å². The van der Waals surface area contributed by atoms with E-state index in [0.29, 0.717) is 31.0 Å². The molecule has 4 heterocycles. The first-order chi connectivity index (χ1) is 31.1.